The first kappa shape index (κ1) is 10.1. The molecule has 1 nitrogen and oxygen atoms in total. The van der Waals surface area contributed by atoms with E-state index in [2.05, 4.69) is 43.3 Å². The summed E-state index contributed by atoms with van der Waals surface area (Å²) in [6, 6.07) is 16.9. The molecule has 0 N–H and O–H groups in total. The van der Waals surface area contributed by atoms with Gasteiger partial charge in [-0.2, -0.15) is 0 Å². The van der Waals surface area contributed by atoms with Crippen LogP contribution in [0.15, 0.2) is 48.5 Å². The van der Waals surface area contributed by atoms with Gasteiger partial charge in [-0.1, -0.05) is 55.5 Å². The summed E-state index contributed by atoms with van der Waals surface area (Å²) < 4.78 is 0. The van der Waals surface area contributed by atoms with Crippen molar-refractivity contribution in [3.63, 3.8) is 0 Å². The van der Waals surface area contributed by atoms with Gasteiger partial charge in [0.1, 0.15) is 5.78 Å². The SMILES string of the molecule is CC1C(=O)C2c3ccccc3C1c1ccccc12. The zero-order valence-electron chi connectivity index (χ0n) is 10.3. The van der Waals surface area contributed by atoms with Crippen molar-refractivity contribution in [2.45, 2.75) is 18.8 Å². The van der Waals surface area contributed by atoms with Gasteiger partial charge in [0.2, 0.25) is 0 Å². The van der Waals surface area contributed by atoms with Crippen molar-refractivity contribution in [3.05, 3.63) is 70.8 Å². The van der Waals surface area contributed by atoms with Crippen LogP contribution in [0.25, 0.3) is 0 Å². The molecule has 0 saturated heterocycles. The molecule has 5 rings (SSSR count). The minimum absolute atomic E-state index is 0.0302. The van der Waals surface area contributed by atoms with Crippen LogP contribution in [0.1, 0.15) is 41.0 Å². The second-order valence-corrected chi connectivity index (χ2v) is 5.36. The Hall–Kier alpha value is -1.89. The van der Waals surface area contributed by atoms with Crippen LogP contribution in [0, 0.1) is 5.92 Å². The summed E-state index contributed by atoms with van der Waals surface area (Å²) in [5.74, 6) is 0.726. The van der Waals surface area contributed by atoms with Gasteiger partial charge in [-0.25, -0.2) is 0 Å². The summed E-state index contributed by atoms with van der Waals surface area (Å²) in [4.78, 5) is 12.5. The Morgan fingerprint density at radius 1 is 0.778 bits per heavy atom. The standard InChI is InChI=1S/C17H14O/c1-10-15-11-6-2-4-8-13(11)16(17(10)18)14-9-5-3-7-12(14)15/h2-10,15-16H,1H3. The van der Waals surface area contributed by atoms with Gasteiger partial charge in [-0.05, 0) is 22.3 Å². The van der Waals surface area contributed by atoms with E-state index in [9.17, 15) is 4.79 Å². The molecule has 1 heteroatoms. The Morgan fingerprint density at radius 3 is 1.72 bits per heavy atom. The Kier molecular flexibility index (Phi) is 1.86. The normalized spacial score (nSPS) is 27.8. The third-order valence-electron chi connectivity index (χ3n) is 4.52. The van der Waals surface area contributed by atoms with Crippen LogP contribution in [0.5, 0.6) is 0 Å². The highest BCUT2D eigenvalue weighted by Gasteiger charge is 2.46. The van der Waals surface area contributed by atoms with Gasteiger partial charge >= 0.3 is 0 Å². The maximum Gasteiger partial charge on any atom is 0.148 e. The van der Waals surface area contributed by atoms with E-state index >= 15 is 0 Å². The smallest absolute Gasteiger partial charge is 0.148 e. The molecule has 1 unspecified atom stereocenters. The molecular formula is C17H14O. The Bertz CT molecular complexity index is 609. The van der Waals surface area contributed by atoms with E-state index in [1.54, 1.807) is 0 Å². The second kappa shape index (κ2) is 3.32. The third-order valence-corrected chi connectivity index (χ3v) is 4.52. The Labute approximate surface area is 106 Å². The number of hydrogen-bond donors (Lipinski definition) is 0. The fourth-order valence-corrected chi connectivity index (χ4v) is 3.72. The number of rotatable bonds is 0. The van der Waals surface area contributed by atoms with Crippen molar-refractivity contribution in [1.29, 1.82) is 0 Å². The predicted molar refractivity (Wildman–Crippen MR) is 70.7 cm³/mol. The van der Waals surface area contributed by atoms with Crippen LogP contribution in [-0.4, -0.2) is 5.78 Å². The van der Waals surface area contributed by atoms with E-state index < -0.39 is 0 Å². The molecule has 0 amide bonds. The molecule has 0 heterocycles. The molecule has 3 aliphatic rings. The molecule has 1 atom stereocenters. The highest BCUT2D eigenvalue weighted by Crippen LogP contribution is 2.53. The van der Waals surface area contributed by atoms with E-state index in [0.717, 1.165) is 0 Å². The summed E-state index contributed by atoms with van der Waals surface area (Å²) in [6.07, 6.45) is 0. The summed E-state index contributed by atoms with van der Waals surface area (Å²) in [7, 11) is 0. The van der Waals surface area contributed by atoms with Crippen molar-refractivity contribution in [3.8, 4) is 0 Å². The molecule has 88 valence electrons. The predicted octanol–water partition coefficient (Wildman–Crippen LogP) is 3.48. The molecule has 2 aromatic carbocycles. The van der Waals surface area contributed by atoms with E-state index in [4.69, 9.17) is 0 Å². The molecule has 2 aromatic rings. The molecule has 0 spiro atoms. The topological polar surface area (TPSA) is 17.1 Å². The molecule has 18 heavy (non-hydrogen) atoms. The van der Waals surface area contributed by atoms with E-state index in [1.165, 1.54) is 22.3 Å². The molecule has 2 bridgehead atoms. The van der Waals surface area contributed by atoms with Gasteiger partial charge in [-0.15, -0.1) is 0 Å². The van der Waals surface area contributed by atoms with Gasteiger partial charge in [0, 0.05) is 11.8 Å². The van der Waals surface area contributed by atoms with Crippen molar-refractivity contribution >= 4 is 5.78 Å². The average Bonchev–Trinajstić information content (AvgIpc) is 2.42. The number of carbonyl (C=O) groups is 1. The number of carbonyl (C=O) groups excluding carboxylic acids is 1. The quantitative estimate of drug-likeness (QED) is 0.682. The first-order valence-corrected chi connectivity index (χ1v) is 6.50. The van der Waals surface area contributed by atoms with Crippen LogP contribution in [0.4, 0.5) is 0 Å². The summed E-state index contributed by atoms with van der Waals surface area (Å²) >= 11 is 0. The highest BCUT2D eigenvalue weighted by molar-refractivity contribution is 5.97. The number of Topliss-reactive ketones (excluding diaryl/α,β-unsaturated/α-hetero) is 1. The van der Waals surface area contributed by atoms with Crippen LogP contribution in [-0.2, 0) is 4.79 Å². The third kappa shape index (κ3) is 1.05. The van der Waals surface area contributed by atoms with E-state index in [1.807, 2.05) is 12.1 Å². The summed E-state index contributed by atoms with van der Waals surface area (Å²) in [5, 5.41) is 0. The summed E-state index contributed by atoms with van der Waals surface area (Å²) in [5.41, 5.74) is 5.16. The number of benzene rings is 2. The molecule has 0 saturated carbocycles. The maximum atomic E-state index is 12.5. The molecule has 0 aliphatic heterocycles. The van der Waals surface area contributed by atoms with E-state index in [0.29, 0.717) is 5.78 Å². The van der Waals surface area contributed by atoms with Crippen LogP contribution < -0.4 is 0 Å². The maximum absolute atomic E-state index is 12.5. The minimum Gasteiger partial charge on any atom is -0.298 e. The van der Waals surface area contributed by atoms with Gasteiger partial charge in [0.15, 0.2) is 0 Å². The van der Waals surface area contributed by atoms with Gasteiger partial charge in [0.05, 0.1) is 5.92 Å². The van der Waals surface area contributed by atoms with Gasteiger partial charge in [0.25, 0.3) is 0 Å². The fourth-order valence-electron chi connectivity index (χ4n) is 3.72. The van der Waals surface area contributed by atoms with Crippen LogP contribution in [0.2, 0.25) is 0 Å². The van der Waals surface area contributed by atoms with Crippen molar-refractivity contribution in [2.75, 3.05) is 0 Å². The van der Waals surface area contributed by atoms with Gasteiger partial charge < -0.3 is 0 Å². The zero-order chi connectivity index (χ0) is 12.3. The first-order chi connectivity index (χ1) is 8.79. The number of hydrogen-bond acceptors (Lipinski definition) is 1. The van der Waals surface area contributed by atoms with Crippen molar-refractivity contribution in [2.24, 2.45) is 5.92 Å². The largest absolute Gasteiger partial charge is 0.298 e. The lowest BCUT2D eigenvalue weighted by molar-refractivity contribution is -0.124. The van der Waals surface area contributed by atoms with E-state index in [-0.39, 0.29) is 17.8 Å². The van der Waals surface area contributed by atoms with Crippen molar-refractivity contribution < 1.29 is 4.79 Å². The molecule has 0 aromatic heterocycles. The highest BCUT2D eigenvalue weighted by atomic mass is 16.1. The van der Waals surface area contributed by atoms with Crippen molar-refractivity contribution in [1.82, 2.24) is 0 Å². The second-order valence-electron chi connectivity index (χ2n) is 5.36. The number of ketones is 1. The first-order valence-electron chi connectivity index (χ1n) is 6.50. The molecule has 0 radical (unpaired) electrons. The monoisotopic (exact) mass is 234 g/mol. The fraction of sp³-hybridized carbons (Fsp3) is 0.235. The molecular weight excluding hydrogens is 220 g/mol. The Balaban J connectivity index is 2.09. The number of fused-ring (bicyclic) bond motifs is 1. The zero-order valence-corrected chi connectivity index (χ0v) is 10.3. The Morgan fingerprint density at radius 2 is 1.22 bits per heavy atom. The molecule has 3 aliphatic carbocycles. The van der Waals surface area contributed by atoms with Gasteiger partial charge in [-0.3, -0.25) is 4.79 Å². The molecule has 0 fully saturated rings. The van der Waals surface area contributed by atoms with Crippen LogP contribution in [0.3, 0.4) is 0 Å². The lowest BCUT2D eigenvalue weighted by Crippen LogP contribution is -2.38. The summed E-state index contributed by atoms with van der Waals surface area (Å²) in [6.45, 7) is 2.08. The lowest BCUT2D eigenvalue weighted by atomic mass is 9.59. The minimum atomic E-state index is -0.0302. The average molecular weight is 234 g/mol. The van der Waals surface area contributed by atoms with Crippen LogP contribution >= 0.6 is 0 Å². The lowest BCUT2D eigenvalue weighted by Gasteiger charge is -2.43.